The van der Waals surface area contributed by atoms with Gasteiger partial charge < -0.3 is 41.2 Å². The molecule has 0 spiro atoms. The van der Waals surface area contributed by atoms with Crippen molar-refractivity contribution >= 4 is 60.9 Å². The molecule has 0 aromatic heterocycles. The summed E-state index contributed by atoms with van der Waals surface area (Å²) in [5.41, 5.74) is 13.9. The topological polar surface area (TPSA) is 196 Å². The van der Waals surface area contributed by atoms with E-state index in [-0.39, 0.29) is 54.7 Å². The molecule has 15 heteroatoms. The van der Waals surface area contributed by atoms with Gasteiger partial charge in [-0.25, -0.2) is 14.4 Å². The number of nitrogens with one attached hydrogen (secondary N) is 3. The summed E-state index contributed by atoms with van der Waals surface area (Å²) in [6.07, 6.45) is -0.876. The van der Waals surface area contributed by atoms with Crippen molar-refractivity contribution in [1.29, 1.82) is 0 Å². The molecule has 0 saturated heterocycles. The second-order valence-corrected chi connectivity index (χ2v) is 12.3. The van der Waals surface area contributed by atoms with Gasteiger partial charge >= 0.3 is 13.7 Å². The van der Waals surface area contributed by atoms with Crippen molar-refractivity contribution in [3.63, 3.8) is 0 Å². The van der Waals surface area contributed by atoms with Crippen LogP contribution in [0.3, 0.4) is 0 Å². The summed E-state index contributed by atoms with van der Waals surface area (Å²) in [5, 5.41) is 7.99. The van der Waals surface area contributed by atoms with Crippen LogP contribution in [0.5, 0.6) is 11.5 Å². The number of guanidine groups is 1. The Morgan fingerprint density at radius 1 is 0.729 bits per heavy atom. The first-order chi connectivity index (χ1) is 22.5. The van der Waals surface area contributed by atoms with Crippen LogP contribution in [0.2, 0.25) is 0 Å². The molecule has 4 aromatic carbocycles. The monoisotopic (exact) mass is 694 g/mol. The van der Waals surface area contributed by atoms with E-state index in [1.165, 1.54) is 38.1 Å². The maximum Gasteiger partial charge on any atom is 0.453 e. The first kappa shape index (κ1) is 36.9. The second kappa shape index (κ2) is 17.4. The van der Waals surface area contributed by atoms with E-state index < -0.39 is 19.5 Å². The zero-order valence-electron chi connectivity index (χ0n) is 26.1. The van der Waals surface area contributed by atoms with Crippen molar-refractivity contribution in [3.05, 3.63) is 114 Å². The quantitative estimate of drug-likeness (QED) is 0.0626. The van der Waals surface area contributed by atoms with E-state index in [4.69, 9.17) is 25.3 Å². The lowest BCUT2D eigenvalue weighted by molar-refractivity contribution is -0.115. The Bertz CT molecular complexity index is 1690. The third-order valence-corrected chi connectivity index (χ3v) is 8.32. The van der Waals surface area contributed by atoms with Gasteiger partial charge in [0.05, 0.1) is 5.69 Å². The average Bonchev–Trinajstić information content (AvgIpc) is 3.02. The fraction of sp³-hybridized carbons (Fsp3) is 0.152. The molecule has 1 atom stereocenters. The fourth-order valence-corrected chi connectivity index (χ4v) is 6.09. The Morgan fingerprint density at radius 3 is 1.69 bits per heavy atom. The molecule has 48 heavy (non-hydrogen) atoms. The number of ether oxygens (including phenoxy) is 1. The van der Waals surface area contributed by atoms with Crippen LogP contribution in [0.1, 0.15) is 25.0 Å². The maximum atomic E-state index is 14.9. The molecule has 4 rings (SSSR count). The fourth-order valence-electron chi connectivity index (χ4n) is 4.27. The molecule has 4 aromatic rings. The van der Waals surface area contributed by atoms with E-state index in [1.807, 2.05) is 18.2 Å². The molecule has 0 aliphatic rings. The van der Waals surface area contributed by atoms with Gasteiger partial charge in [0, 0.05) is 31.6 Å². The number of hydrogen-bond acceptors (Lipinski definition) is 8. The summed E-state index contributed by atoms with van der Waals surface area (Å²) in [5.74, 6) is -1.63. The Labute approximate surface area is 284 Å². The molecule has 13 nitrogen and oxygen atoms in total. The van der Waals surface area contributed by atoms with Crippen molar-refractivity contribution < 1.29 is 32.7 Å². The highest BCUT2D eigenvalue weighted by molar-refractivity contribution is 7.55. The number of amides is 3. The highest BCUT2D eigenvalue weighted by Crippen LogP contribution is 2.53. The number of halogens is 1. The number of nitrogens with zero attached hydrogens (tertiary/aromatic N) is 1. The van der Waals surface area contributed by atoms with Gasteiger partial charge in [-0.1, -0.05) is 42.5 Å². The van der Waals surface area contributed by atoms with Crippen molar-refractivity contribution in [3.8, 4) is 11.5 Å². The van der Waals surface area contributed by atoms with E-state index in [0.717, 1.165) is 5.56 Å². The lowest BCUT2D eigenvalue weighted by atomic mass is 10.1. The van der Waals surface area contributed by atoms with Gasteiger partial charge in [0.2, 0.25) is 11.8 Å². The van der Waals surface area contributed by atoms with E-state index in [0.29, 0.717) is 22.6 Å². The summed E-state index contributed by atoms with van der Waals surface area (Å²) >= 11 is 0. The van der Waals surface area contributed by atoms with Gasteiger partial charge in [-0.05, 0) is 71.8 Å². The number of carbonyl (C=O) groups excluding carboxylic acids is 3. The minimum Gasteiger partial charge on any atom is -0.445 e. The normalized spacial score (nSPS) is 11.1. The minimum atomic E-state index is -4.36. The summed E-state index contributed by atoms with van der Waals surface area (Å²) in [7, 11) is -4.36. The van der Waals surface area contributed by atoms with Crippen molar-refractivity contribution in [1.82, 2.24) is 5.32 Å². The molecule has 252 valence electrons. The van der Waals surface area contributed by atoms with Gasteiger partial charge in [0.1, 0.15) is 18.1 Å². The highest BCUT2D eigenvalue weighted by atomic mass is 35.5. The maximum absolute atomic E-state index is 14.9. The number of alkyl carbamates (subject to hydrolysis) is 1. The summed E-state index contributed by atoms with van der Waals surface area (Å²) in [4.78, 5) is 40.2. The Morgan fingerprint density at radius 2 is 1.23 bits per heavy atom. The predicted molar refractivity (Wildman–Crippen MR) is 187 cm³/mol. The summed E-state index contributed by atoms with van der Waals surface area (Å²) in [6.45, 7) is 2.72. The SMILES string of the molecule is CC(=O)Nc1ccc(OP(=O)(Oc2ccc(NC(C)=O)cc2)C(Cc2ccc(N=C(N)N)cc2)NC(=O)OCc2ccccc2)cc1.Cl. The van der Waals surface area contributed by atoms with Crippen molar-refractivity contribution in [2.75, 3.05) is 10.6 Å². The zero-order chi connectivity index (χ0) is 33.8. The molecule has 0 bridgehead atoms. The van der Waals surface area contributed by atoms with E-state index in [2.05, 4.69) is 20.9 Å². The second-order valence-electron chi connectivity index (χ2n) is 10.3. The lowest BCUT2D eigenvalue weighted by Gasteiger charge is -2.28. The first-order valence-electron chi connectivity index (χ1n) is 14.4. The van der Waals surface area contributed by atoms with E-state index in [1.54, 1.807) is 60.7 Å². The average molecular weight is 695 g/mol. The predicted octanol–water partition coefficient (Wildman–Crippen LogP) is 6.08. The summed E-state index contributed by atoms with van der Waals surface area (Å²) in [6, 6.07) is 28.1. The molecular weight excluding hydrogens is 659 g/mol. The minimum absolute atomic E-state index is 0. The van der Waals surface area contributed by atoms with Gasteiger partial charge in [-0.15, -0.1) is 12.4 Å². The van der Waals surface area contributed by atoms with Crippen LogP contribution >= 0.6 is 20.0 Å². The van der Waals surface area contributed by atoms with E-state index in [9.17, 15) is 18.9 Å². The number of carbonyl (C=O) groups is 3. The Kier molecular flexibility index (Phi) is 13.4. The van der Waals surface area contributed by atoms with Crippen LogP contribution in [-0.4, -0.2) is 29.7 Å². The van der Waals surface area contributed by atoms with Crippen LogP contribution in [-0.2, 0) is 31.9 Å². The first-order valence-corrected chi connectivity index (χ1v) is 16.0. The molecule has 1 unspecified atom stereocenters. The third kappa shape index (κ3) is 11.7. The van der Waals surface area contributed by atoms with Gasteiger partial charge in [0.15, 0.2) is 11.7 Å². The third-order valence-electron chi connectivity index (χ3n) is 6.32. The van der Waals surface area contributed by atoms with Crippen LogP contribution in [0.15, 0.2) is 108 Å². The molecule has 0 radical (unpaired) electrons. The smallest absolute Gasteiger partial charge is 0.445 e. The molecule has 0 heterocycles. The summed E-state index contributed by atoms with van der Waals surface area (Å²) < 4.78 is 32.5. The van der Waals surface area contributed by atoms with Gasteiger partial charge in [-0.3, -0.25) is 9.59 Å². The molecule has 7 N–H and O–H groups in total. The lowest BCUT2D eigenvalue weighted by Crippen LogP contribution is -2.39. The van der Waals surface area contributed by atoms with Crippen LogP contribution in [0, 0.1) is 0 Å². The number of anilines is 2. The molecular formula is C33H36ClN6O7P. The zero-order valence-corrected chi connectivity index (χ0v) is 27.8. The number of nitrogens with two attached hydrogens (primary N) is 2. The van der Waals surface area contributed by atoms with Crippen LogP contribution < -0.4 is 36.5 Å². The molecule has 3 amide bonds. The Balaban J connectivity index is 0.00000625. The van der Waals surface area contributed by atoms with Crippen LogP contribution in [0.4, 0.5) is 21.9 Å². The van der Waals surface area contributed by atoms with Gasteiger partial charge in [-0.2, -0.15) is 0 Å². The number of benzene rings is 4. The number of rotatable bonds is 13. The van der Waals surface area contributed by atoms with Gasteiger partial charge in [0.25, 0.3) is 0 Å². The number of hydrogen-bond donors (Lipinski definition) is 5. The number of aliphatic imine (C=N–C) groups is 1. The molecule has 0 aliphatic carbocycles. The van der Waals surface area contributed by atoms with E-state index >= 15 is 0 Å². The van der Waals surface area contributed by atoms with Crippen molar-refractivity contribution in [2.45, 2.75) is 32.7 Å². The largest absolute Gasteiger partial charge is 0.453 e. The van der Waals surface area contributed by atoms with Crippen LogP contribution in [0.25, 0.3) is 0 Å². The highest BCUT2D eigenvalue weighted by Gasteiger charge is 2.41. The van der Waals surface area contributed by atoms with Crippen molar-refractivity contribution in [2.24, 2.45) is 16.5 Å². The molecule has 0 saturated carbocycles. The standard InChI is InChI=1S/C33H35N6O7P.ClH/c1-22(40)36-26-12-16-29(17-13-26)45-47(43,46-30-18-14-27(15-19-30)37-23(2)41)31(20-24-8-10-28(11-9-24)38-32(34)35)39-33(42)44-21-25-6-4-3-5-7-25;/h3-19,31H,20-21H2,1-2H3,(H,36,40)(H,37,41)(H,39,42)(H4,34,35,38);1H. The molecule has 0 fully saturated rings. The molecule has 0 aliphatic heterocycles. The Hall–Kier alpha value is -5.52.